The van der Waals surface area contributed by atoms with Crippen molar-refractivity contribution in [3.63, 3.8) is 0 Å². The zero-order valence-corrected chi connectivity index (χ0v) is 18.5. The minimum atomic E-state index is -3.99. The molecule has 4 aliphatic rings. The van der Waals surface area contributed by atoms with Crippen LogP contribution in [0.15, 0.2) is 46.6 Å². The zero-order chi connectivity index (χ0) is 17.1. The van der Waals surface area contributed by atoms with Crippen LogP contribution < -0.4 is 0 Å². The first-order chi connectivity index (χ1) is 11.6. The first-order valence-corrected chi connectivity index (χ1v) is 15.3. The van der Waals surface area contributed by atoms with Gasteiger partial charge in [-0.15, -0.1) is 0 Å². The molecule has 0 bridgehead atoms. The van der Waals surface area contributed by atoms with Crippen molar-refractivity contribution in [3.8, 4) is 0 Å². The van der Waals surface area contributed by atoms with Crippen LogP contribution in [-0.2, 0) is 45.9 Å². The molecular formula is C18H22F4Zr2. The maximum absolute atomic E-state index is 12.6. The Morgan fingerprint density at radius 2 is 1.00 bits per heavy atom. The van der Waals surface area contributed by atoms with Gasteiger partial charge in [0.25, 0.3) is 0 Å². The summed E-state index contributed by atoms with van der Waals surface area (Å²) in [5.74, 6) is 0. The summed E-state index contributed by atoms with van der Waals surface area (Å²) >= 11 is -7.97. The second-order valence-electron chi connectivity index (χ2n) is 6.77. The molecule has 4 rings (SSSR count). The van der Waals surface area contributed by atoms with Crippen molar-refractivity contribution in [1.29, 1.82) is 0 Å². The van der Waals surface area contributed by atoms with Crippen LogP contribution in [0.25, 0.3) is 0 Å². The monoisotopic (exact) mass is 494 g/mol. The van der Waals surface area contributed by atoms with Gasteiger partial charge >= 0.3 is 162 Å². The number of allylic oxidation sites excluding steroid dienone is 8. The second-order valence-corrected chi connectivity index (χ2v) is 12.7. The molecule has 4 aliphatic carbocycles. The van der Waals surface area contributed by atoms with Gasteiger partial charge in [-0.2, -0.15) is 0 Å². The quantitative estimate of drug-likeness (QED) is 0.355. The van der Waals surface area contributed by atoms with E-state index in [2.05, 4.69) is 0 Å². The van der Waals surface area contributed by atoms with Crippen LogP contribution in [0.1, 0.15) is 51.4 Å². The Balaban J connectivity index is 0.000000141. The molecule has 0 amide bonds. The van der Waals surface area contributed by atoms with Crippen molar-refractivity contribution in [3.05, 3.63) is 46.6 Å². The number of hydrogen-bond donors (Lipinski definition) is 0. The molecule has 130 valence electrons. The zero-order valence-electron chi connectivity index (χ0n) is 13.6. The number of hydrogen-bond acceptors (Lipinski definition) is 0. The molecular weight excluding hydrogens is 475 g/mol. The molecule has 0 heterocycles. The molecule has 0 saturated heterocycles. The van der Waals surface area contributed by atoms with Crippen molar-refractivity contribution in [2.75, 3.05) is 0 Å². The van der Waals surface area contributed by atoms with Crippen LogP contribution in [0.5, 0.6) is 0 Å². The van der Waals surface area contributed by atoms with E-state index in [0.717, 1.165) is 49.7 Å². The summed E-state index contributed by atoms with van der Waals surface area (Å²) in [6.07, 6.45) is 16.0. The van der Waals surface area contributed by atoms with E-state index in [-0.39, 0.29) is 7.25 Å². The fourth-order valence-electron chi connectivity index (χ4n) is 4.06. The third-order valence-corrected chi connectivity index (χ3v) is 10.3. The van der Waals surface area contributed by atoms with Gasteiger partial charge in [-0.25, -0.2) is 0 Å². The third kappa shape index (κ3) is 4.40. The van der Waals surface area contributed by atoms with Gasteiger partial charge in [0.05, 0.1) is 0 Å². The van der Waals surface area contributed by atoms with Crippen molar-refractivity contribution in [1.82, 2.24) is 0 Å². The summed E-state index contributed by atoms with van der Waals surface area (Å²) in [5, 5.41) is 0. The van der Waals surface area contributed by atoms with Crippen molar-refractivity contribution < 1.29 is 56.4 Å². The van der Waals surface area contributed by atoms with Crippen LogP contribution in [0.4, 0.5) is 10.5 Å². The molecule has 0 aromatic heterocycles. The molecule has 2 unspecified atom stereocenters. The standard InChI is InChI=1S/2C9H11.4FH.2Zr/c2*1-2-5-9-7-3-6-8(9)4-1;;;;;;/h2*3,6-7H,1-2,4-5H2;4*1H;;/q;;;;;;2*+2/p-4. The Morgan fingerprint density at radius 1 is 0.625 bits per heavy atom. The van der Waals surface area contributed by atoms with Crippen LogP contribution in [0.2, 0.25) is 7.25 Å². The Bertz CT molecular complexity index is 538. The van der Waals surface area contributed by atoms with Gasteiger partial charge < -0.3 is 0 Å². The van der Waals surface area contributed by atoms with Gasteiger partial charge in [0.2, 0.25) is 0 Å². The molecule has 0 aromatic carbocycles. The third-order valence-electron chi connectivity index (χ3n) is 5.31. The Hall–Kier alpha value is 0.446. The molecule has 0 aromatic rings. The SMILES string of the molecule is [F][Zr]([F])[CH]1C=CC2=C1CCCC2.[F][Zr]([F])[CH]1C=CC2=C1CCCC2. The van der Waals surface area contributed by atoms with E-state index in [0.29, 0.717) is 0 Å². The van der Waals surface area contributed by atoms with Gasteiger partial charge in [0.1, 0.15) is 0 Å². The van der Waals surface area contributed by atoms with Crippen LogP contribution in [0, 0.1) is 0 Å². The summed E-state index contributed by atoms with van der Waals surface area (Å²) in [7, 11) is 0. The molecule has 0 spiro atoms. The molecule has 0 nitrogen and oxygen atoms in total. The minimum absolute atomic E-state index is 0.359. The van der Waals surface area contributed by atoms with Gasteiger partial charge in [-0.3, -0.25) is 0 Å². The van der Waals surface area contributed by atoms with E-state index in [1.165, 1.54) is 24.0 Å². The van der Waals surface area contributed by atoms with Crippen molar-refractivity contribution in [2.45, 2.75) is 58.6 Å². The average Bonchev–Trinajstić information content (AvgIpc) is 3.19. The van der Waals surface area contributed by atoms with Crippen LogP contribution >= 0.6 is 0 Å². The topological polar surface area (TPSA) is 0 Å². The summed E-state index contributed by atoms with van der Waals surface area (Å²) < 4.78 is 49.8. The molecule has 0 aliphatic heterocycles. The van der Waals surface area contributed by atoms with E-state index in [1.54, 1.807) is 12.2 Å². The van der Waals surface area contributed by atoms with E-state index in [4.69, 9.17) is 0 Å². The molecule has 2 atom stereocenters. The molecule has 0 saturated carbocycles. The van der Waals surface area contributed by atoms with Gasteiger partial charge in [-0.1, -0.05) is 0 Å². The average molecular weight is 497 g/mol. The molecule has 6 heteroatoms. The Morgan fingerprint density at radius 3 is 1.38 bits per heavy atom. The maximum atomic E-state index is 12.6. The van der Waals surface area contributed by atoms with Gasteiger partial charge in [0, 0.05) is 0 Å². The van der Waals surface area contributed by atoms with Gasteiger partial charge in [-0.05, 0) is 0 Å². The van der Waals surface area contributed by atoms with E-state index < -0.39 is 45.9 Å². The van der Waals surface area contributed by atoms with Crippen LogP contribution in [-0.4, -0.2) is 0 Å². The molecule has 0 fully saturated rings. The fraction of sp³-hybridized carbons (Fsp3) is 0.556. The van der Waals surface area contributed by atoms with E-state index in [9.17, 15) is 10.5 Å². The Kier molecular flexibility index (Phi) is 7.12. The van der Waals surface area contributed by atoms with Crippen LogP contribution in [0.3, 0.4) is 0 Å². The summed E-state index contributed by atoms with van der Waals surface area (Å²) in [4.78, 5) is 0. The molecule has 24 heavy (non-hydrogen) atoms. The van der Waals surface area contributed by atoms with E-state index in [1.807, 2.05) is 12.2 Å². The summed E-state index contributed by atoms with van der Waals surface area (Å²) in [6.45, 7) is 0. The fourth-order valence-corrected chi connectivity index (χ4v) is 8.17. The normalized spacial score (nSPS) is 27.7. The Labute approximate surface area is 160 Å². The first kappa shape index (κ1) is 19.2. The summed E-state index contributed by atoms with van der Waals surface area (Å²) in [6, 6.07) is 0. The predicted molar refractivity (Wildman–Crippen MR) is 81.2 cm³/mol. The summed E-state index contributed by atoms with van der Waals surface area (Å²) in [5.41, 5.74) is 4.67. The van der Waals surface area contributed by atoms with Crippen molar-refractivity contribution in [2.24, 2.45) is 0 Å². The van der Waals surface area contributed by atoms with E-state index >= 15 is 0 Å². The first-order valence-electron chi connectivity index (χ1n) is 8.74. The molecule has 0 N–H and O–H groups in total. The number of rotatable bonds is 2. The van der Waals surface area contributed by atoms with Gasteiger partial charge in [0.15, 0.2) is 0 Å². The number of halogens is 4. The predicted octanol–water partition coefficient (Wildman–Crippen LogP) is 7.21. The van der Waals surface area contributed by atoms with Crippen molar-refractivity contribution >= 4 is 0 Å². The second kappa shape index (κ2) is 8.89. The molecule has 0 radical (unpaired) electrons.